The molecule has 5 nitrogen and oxygen atoms in total. The number of amides is 2. The highest BCUT2D eigenvalue weighted by atomic mass is 16.4. The molecule has 1 heterocycles. The zero-order chi connectivity index (χ0) is 13.3. The predicted molar refractivity (Wildman–Crippen MR) is 63.2 cm³/mol. The summed E-state index contributed by atoms with van der Waals surface area (Å²) in [6.45, 7) is 1.39. The van der Waals surface area contributed by atoms with E-state index in [1.165, 1.54) is 13.0 Å². The van der Waals surface area contributed by atoms with Gasteiger partial charge in [0.05, 0.1) is 11.1 Å². The summed E-state index contributed by atoms with van der Waals surface area (Å²) in [6.07, 6.45) is 1.35. The molecular weight excluding hydrogens is 234 g/mol. The van der Waals surface area contributed by atoms with Gasteiger partial charge in [-0.2, -0.15) is 0 Å². The average molecular weight is 245 g/mol. The van der Waals surface area contributed by atoms with E-state index in [4.69, 9.17) is 5.11 Å². The summed E-state index contributed by atoms with van der Waals surface area (Å²) in [6, 6.07) is 6.55. The van der Waals surface area contributed by atoms with Gasteiger partial charge in [0, 0.05) is 12.1 Å². The normalized spacial score (nSPS) is 14.9. The molecule has 0 aromatic heterocycles. The highest BCUT2D eigenvalue weighted by Crippen LogP contribution is 2.22. The first-order valence-electron chi connectivity index (χ1n) is 5.37. The first kappa shape index (κ1) is 12.0. The number of rotatable bonds is 3. The maximum Gasteiger partial charge on any atom is 0.331 e. The van der Waals surface area contributed by atoms with Crippen molar-refractivity contribution in [3.05, 3.63) is 47.0 Å². The van der Waals surface area contributed by atoms with E-state index in [9.17, 15) is 14.4 Å². The van der Waals surface area contributed by atoms with Crippen molar-refractivity contribution in [2.75, 3.05) is 6.54 Å². The third-order valence-corrected chi connectivity index (χ3v) is 2.80. The number of hydrogen-bond donors (Lipinski definition) is 1. The van der Waals surface area contributed by atoms with Crippen LogP contribution in [-0.4, -0.2) is 34.3 Å². The van der Waals surface area contributed by atoms with Crippen LogP contribution in [0.15, 0.2) is 35.9 Å². The van der Waals surface area contributed by atoms with Crippen LogP contribution in [0.25, 0.3) is 0 Å². The molecule has 0 unspecified atom stereocenters. The van der Waals surface area contributed by atoms with E-state index in [-0.39, 0.29) is 23.9 Å². The van der Waals surface area contributed by atoms with Crippen molar-refractivity contribution in [3.63, 3.8) is 0 Å². The van der Waals surface area contributed by atoms with Crippen molar-refractivity contribution < 1.29 is 19.5 Å². The minimum absolute atomic E-state index is 0.0233. The fraction of sp³-hybridized carbons (Fsp3) is 0.154. The molecule has 0 saturated heterocycles. The molecule has 18 heavy (non-hydrogen) atoms. The molecule has 1 aliphatic rings. The third-order valence-electron chi connectivity index (χ3n) is 2.80. The minimum Gasteiger partial charge on any atom is -0.478 e. The molecule has 1 aromatic rings. The summed E-state index contributed by atoms with van der Waals surface area (Å²) in [5, 5.41) is 8.70. The first-order chi connectivity index (χ1) is 8.52. The minimum atomic E-state index is -1.06. The van der Waals surface area contributed by atoms with Gasteiger partial charge in [-0.1, -0.05) is 18.2 Å². The lowest BCUT2D eigenvalue weighted by molar-refractivity contribution is -0.132. The Bertz CT molecular complexity index is 539. The molecule has 0 aliphatic carbocycles. The number of benzene rings is 1. The number of imide groups is 1. The van der Waals surface area contributed by atoms with Gasteiger partial charge in [-0.05, 0) is 19.1 Å². The van der Waals surface area contributed by atoms with Crippen molar-refractivity contribution >= 4 is 17.8 Å². The highest BCUT2D eigenvalue weighted by molar-refractivity contribution is 6.21. The Balaban J connectivity index is 2.24. The zero-order valence-corrected chi connectivity index (χ0v) is 9.71. The fourth-order valence-corrected chi connectivity index (χ4v) is 1.72. The maximum absolute atomic E-state index is 11.9. The van der Waals surface area contributed by atoms with Gasteiger partial charge in [-0.25, -0.2) is 4.79 Å². The Kier molecular flexibility index (Phi) is 2.97. The SMILES string of the molecule is CC(=CCN1C(=O)c2ccccc2C1=O)C(=O)O. The summed E-state index contributed by atoms with van der Waals surface area (Å²) in [7, 11) is 0. The number of carboxylic acid groups (broad SMARTS) is 1. The molecule has 0 fully saturated rings. The Morgan fingerprint density at radius 2 is 1.72 bits per heavy atom. The Morgan fingerprint density at radius 3 is 2.17 bits per heavy atom. The molecule has 0 atom stereocenters. The van der Waals surface area contributed by atoms with Crippen LogP contribution < -0.4 is 0 Å². The zero-order valence-electron chi connectivity index (χ0n) is 9.71. The van der Waals surface area contributed by atoms with Crippen LogP contribution in [0.3, 0.4) is 0 Å². The van der Waals surface area contributed by atoms with Crippen LogP contribution in [0.2, 0.25) is 0 Å². The van der Waals surface area contributed by atoms with Gasteiger partial charge in [0.25, 0.3) is 11.8 Å². The molecule has 2 rings (SSSR count). The molecule has 1 N–H and O–H groups in total. The summed E-state index contributed by atoms with van der Waals surface area (Å²) in [5.41, 5.74) is 0.833. The molecule has 1 aromatic carbocycles. The molecule has 92 valence electrons. The number of aliphatic carboxylic acids is 1. The van der Waals surface area contributed by atoms with E-state index in [1.807, 2.05) is 0 Å². The fourth-order valence-electron chi connectivity index (χ4n) is 1.72. The number of carbonyl (C=O) groups excluding carboxylic acids is 2. The summed E-state index contributed by atoms with van der Waals surface area (Å²) in [4.78, 5) is 35.5. The molecule has 0 saturated carbocycles. The Morgan fingerprint density at radius 1 is 1.22 bits per heavy atom. The Hall–Kier alpha value is -2.43. The average Bonchev–Trinajstić information content (AvgIpc) is 2.60. The van der Waals surface area contributed by atoms with Gasteiger partial charge in [0.15, 0.2) is 0 Å². The van der Waals surface area contributed by atoms with Crippen LogP contribution in [0, 0.1) is 0 Å². The van der Waals surface area contributed by atoms with Crippen molar-refractivity contribution in [2.24, 2.45) is 0 Å². The Labute approximate surface area is 103 Å². The molecule has 0 bridgehead atoms. The van der Waals surface area contributed by atoms with Gasteiger partial charge >= 0.3 is 5.97 Å². The van der Waals surface area contributed by atoms with Crippen LogP contribution in [-0.2, 0) is 4.79 Å². The van der Waals surface area contributed by atoms with E-state index in [1.54, 1.807) is 24.3 Å². The second-order valence-corrected chi connectivity index (χ2v) is 3.96. The first-order valence-corrected chi connectivity index (χ1v) is 5.37. The smallest absolute Gasteiger partial charge is 0.331 e. The third kappa shape index (κ3) is 1.90. The largest absolute Gasteiger partial charge is 0.478 e. The molecule has 1 aliphatic heterocycles. The lowest BCUT2D eigenvalue weighted by Crippen LogP contribution is -2.30. The van der Waals surface area contributed by atoms with Crippen molar-refractivity contribution in [1.82, 2.24) is 4.90 Å². The van der Waals surface area contributed by atoms with Gasteiger partial charge < -0.3 is 5.11 Å². The van der Waals surface area contributed by atoms with Crippen molar-refractivity contribution in [3.8, 4) is 0 Å². The monoisotopic (exact) mass is 245 g/mol. The van der Waals surface area contributed by atoms with E-state index in [0.717, 1.165) is 4.90 Å². The number of fused-ring (bicyclic) bond motifs is 1. The van der Waals surface area contributed by atoms with Gasteiger partial charge in [0.1, 0.15) is 0 Å². The van der Waals surface area contributed by atoms with E-state index in [2.05, 4.69) is 0 Å². The molecule has 2 amide bonds. The van der Waals surface area contributed by atoms with Crippen LogP contribution in [0.4, 0.5) is 0 Å². The standard InChI is InChI=1S/C13H11NO4/c1-8(13(17)18)6-7-14-11(15)9-4-2-3-5-10(9)12(14)16/h2-6H,7H2,1H3,(H,17,18). The number of carbonyl (C=O) groups is 3. The number of carboxylic acids is 1. The molecular formula is C13H11NO4. The van der Waals surface area contributed by atoms with Gasteiger partial charge in [-0.15, -0.1) is 0 Å². The van der Waals surface area contributed by atoms with Crippen molar-refractivity contribution in [2.45, 2.75) is 6.92 Å². The molecule has 0 radical (unpaired) electrons. The van der Waals surface area contributed by atoms with Gasteiger partial charge in [-0.3, -0.25) is 14.5 Å². The number of hydrogen-bond acceptors (Lipinski definition) is 3. The van der Waals surface area contributed by atoms with Gasteiger partial charge in [0.2, 0.25) is 0 Å². The summed E-state index contributed by atoms with van der Waals surface area (Å²) >= 11 is 0. The molecule has 0 spiro atoms. The van der Waals surface area contributed by atoms with E-state index >= 15 is 0 Å². The van der Waals surface area contributed by atoms with Crippen LogP contribution in [0.1, 0.15) is 27.6 Å². The summed E-state index contributed by atoms with van der Waals surface area (Å²) in [5.74, 6) is -1.83. The summed E-state index contributed by atoms with van der Waals surface area (Å²) < 4.78 is 0. The number of nitrogens with zero attached hydrogens (tertiary/aromatic N) is 1. The van der Waals surface area contributed by atoms with Crippen LogP contribution >= 0.6 is 0 Å². The van der Waals surface area contributed by atoms with Crippen molar-refractivity contribution in [1.29, 1.82) is 0 Å². The topological polar surface area (TPSA) is 74.7 Å². The lowest BCUT2D eigenvalue weighted by atomic mass is 10.1. The second-order valence-electron chi connectivity index (χ2n) is 3.96. The molecule has 5 heteroatoms. The second kappa shape index (κ2) is 4.44. The van der Waals surface area contributed by atoms with Crippen LogP contribution in [0.5, 0.6) is 0 Å². The van der Waals surface area contributed by atoms with E-state index < -0.39 is 5.97 Å². The lowest BCUT2D eigenvalue weighted by Gasteiger charge is -2.10. The maximum atomic E-state index is 11.9. The quantitative estimate of drug-likeness (QED) is 0.643. The highest BCUT2D eigenvalue weighted by Gasteiger charge is 2.34. The predicted octanol–water partition coefficient (Wildman–Crippen LogP) is 1.31. The van der Waals surface area contributed by atoms with E-state index in [0.29, 0.717) is 11.1 Å².